The van der Waals surface area contributed by atoms with E-state index in [-0.39, 0.29) is 31.0 Å². The zero-order chi connectivity index (χ0) is 9.72. The van der Waals surface area contributed by atoms with Crippen molar-refractivity contribution in [3.63, 3.8) is 0 Å². The van der Waals surface area contributed by atoms with Crippen molar-refractivity contribution in [3.05, 3.63) is 0 Å². The van der Waals surface area contributed by atoms with Crippen LogP contribution in [0.4, 0.5) is 9.59 Å². The molecule has 0 aromatic heterocycles. The molecule has 0 aliphatic carbocycles. The molecule has 0 heterocycles. The van der Waals surface area contributed by atoms with Crippen molar-refractivity contribution in [1.29, 1.82) is 0 Å². The van der Waals surface area contributed by atoms with E-state index in [0.717, 1.165) is 0 Å². The molecule has 0 amide bonds. The zero-order valence-corrected chi connectivity index (χ0v) is 8.34. The fourth-order valence-corrected chi connectivity index (χ4v) is 0.242. The van der Waals surface area contributed by atoms with E-state index < -0.39 is 24.2 Å². The molecule has 0 rings (SSSR count). The van der Waals surface area contributed by atoms with Crippen LogP contribution in [0.3, 0.4) is 0 Å². The third kappa shape index (κ3) is 7.25. The number of rotatable bonds is 0. The molecule has 0 aromatic rings. The van der Waals surface area contributed by atoms with E-state index in [9.17, 15) is 19.2 Å². The zero-order valence-electron chi connectivity index (χ0n) is 7.34. The topological polar surface area (TPSA) is 127 Å². The van der Waals surface area contributed by atoms with Crippen LogP contribution in [0.1, 0.15) is 1.43 Å². The quantitative estimate of drug-likeness (QED) is 0.179. The van der Waals surface area contributed by atoms with Crippen LogP contribution in [0.15, 0.2) is 0 Å². The van der Waals surface area contributed by atoms with Gasteiger partial charge in [0.15, 0.2) is 0 Å². The molecule has 0 atom stereocenters. The van der Waals surface area contributed by atoms with Gasteiger partial charge in [-0.25, -0.2) is 19.2 Å². The Kier molecular flexibility index (Phi) is 7.09. The molecule has 9 heteroatoms. The third-order valence-electron chi connectivity index (χ3n) is 0.527. The molecule has 0 aliphatic rings. The monoisotopic (exact) mass is 202 g/mol. The summed E-state index contributed by atoms with van der Waals surface area (Å²) in [5, 5.41) is 15.5. The van der Waals surface area contributed by atoms with E-state index in [1.807, 2.05) is 0 Å². The summed E-state index contributed by atoms with van der Waals surface area (Å²) in [6.45, 7) is 0. The number of carboxylic acid groups (broad SMARTS) is 2. The molecule has 0 bridgehead atoms. The normalized spacial score (nSPS) is 7.69. The number of esters is 2. The summed E-state index contributed by atoms with van der Waals surface area (Å²) in [5.74, 6) is -3.82. The Hall–Kier alpha value is -1.12. The molecule has 0 aliphatic heterocycles. The van der Waals surface area contributed by atoms with Crippen LogP contribution in [0, 0.1) is 0 Å². The van der Waals surface area contributed by atoms with E-state index in [1.165, 1.54) is 0 Å². The van der Waals surface area contributed by atoms with Crippen molar-refractivity contribution in [1.82, 2.24) is 0 Å². The van der Waals surface area contributed by atoms with Gasteiger partial charge in [0, 0.05) is 0 Å². The average molecular weight is 202 g/mol. The number of carbonyl (C=O) groups excluding carboxylic acids is 2. The first-order chi connectivity index (χ1) is 5.43. The number of hydrogen-bond acceptors (Lipinski definition) is 6. The van der Waals surface area contributed by atoms with Crippen molar-refractivity contribution in [2.45, 2.75) is 0 Å². The summed E-state index contributed by atoms with van der Waals surface area (Å²) in [6.07, 6.45) is -4.05. The number of hydrogen-bond donors (Lipinski definition) is 2. The standard InChI is InChI=1S/C4H2O8.Na.H/c5-1(11-3(7)8)2(6)12-4(9)10;;/h(H,7,8)(H,9,10);;/q;+1;-1. The predicted molar refractivity (Wildman–Crippen MR) is 29.3 cm³/mol. The van der Waals surface area contributed by atoms with Gasteiger partial charge in [-0.05, 0) is 0 Å². The predicted octanol–water partition coefficient (Wildman–Crippen LogP) is -3.45. The Bertz CT molecular complexity index is 224. The van der Waals surface area contributed by atoms with E-state index in [4.69, 9.17) is 10.2 Å². The maximum absolute atomic E-state index is 10.1. The molecular formula is C4H3NaO8. The molecule has 0 fully saturated rings. The van der Waals surface area contributed by atoms with Crippen molar-refractivity contribution in [3.8, 4) is 0 Å². The van der Waals surface area contributed by atoms with Gasteiger partial charge in [0.1, 0.15) is 0 Å². The van der Waals surface area contributed by atoms with E-state index >= 15 is 0 Å². The van der Waals surface area contributed by atoms with Crippen LogP contribution in [0.25, 0.3) is 0 Å². The molecule has 13 heavy (non-hydrogen) atoms. The summed E-state index contributed by atoms with van der Waals surface area (Å²) in [6, 6.07) is 0. The van der Waals surface area contributed by atoms with Crippen LogP contribution in [0.2, 0.25) is 0 Å². The molecule has 0 unspecified atom stereocenters. The van der Waals surface area contributed by atoms with Gasteiger partial charge in [0.2, 0.25) is 0 Å². The molecule has 68 valence electrons. The third-order valence-corrected chi connectivity index (χ3v) is 0.527. The van der Waals surface area contributed by atoms with Gasteiger partial charge in [0.05, 0.1) is 0 Å². The Morgan fingerprint density at radius 2 is 1.08 bits per heavy atom. The van der Waals surface area contributed by atoms with Crippen molar-refractivity contribution >= 4 is 24.2 Å². The fourth-order valence-electron chi connectivity index (χ4n) is 0.242. The fraction of sp³-hybridized carbons (Fsp3) is 0. The maximum atomic E-state index is 10.1. The van der Waals surface area contributed by atoms with Gasteiger partial charge < -0.3 is 21.1 Å². The van der Waals surface area contributed by atoms with E-state index in [1.54, 1.807) is 0 Å². The molecule has 0 aromatic carbocycles. The smallest absolute Gasteiger partial charge is 1.00 e. The SMILES string of the molecule is O=C(O)OC(=O)C(=O)OC(=O)O.[H-].[Na+]. The summed E-state index contributed by atoms with van der Waals surface area (Å²) >= 11 is 0. The first kappa shape index (κ1) is 14.4. The summed E-state index contributed by atoms with van der Waals surface area (Å²) in [7, 11) is 0. The van der Waals surface area contributed by atoms with Gasteiger partial charge in [0.25, 0.3) is 0 Å². The van der Waals surface area contributed by atoms with Gasteiger partial charge >= 0.3 is 53.8 Å². The van der Waals surface area contributed by atoms with Gasteiger partial charge in [-0.1, -0.05) is 0 Å². The van der Waals surface area contributed by atoms with Crippen LogP contribution in [-0.2, 0) is 19.1 Å². The number of carbonyl (C=O) groups is 4. The van der Waals surface area contributed by atoms with Crippen molar-refractivity contribution in [2.24, 2.45) is 0 Å². The van der Waals surface area contributed by atoms with E-state index in [2.05, 4.69) is 9.47 Å². The molecule has 0 spiro atoms. The minimum Gasteiger partial charge on any atom is -1.00 e. The molecule has 0 radical (unpaired) electrons. The van der Waals surface area contributed by atoms with Crippen molar-refractivity contribution < 1.29 is 69.8 Å². The van der Waals surface area contributed by atoms with Crippen LogP contribution < -0.4 is 29.6 Å². The Balaban J connectivity index is -0.000000605. The molecule has 0 saturated carbocycles. The molecular weight excluding hydrogens is 199 g/mol. The van der Waals surface area contributed by atoms with Crippen LogP contribution in [0.5, 0.6) is 0 Å². The molecule has 8 nitrogen and oxygen atoms in total. The second kappa shape index (κ2) is 6.40. The summed E-state index contributed by atoms with van der Waals surface area (Å²) in [5.41, 5.74) is 0. The Labute approximate surface area is 94.2 Å². The first-order valence-corrected chi connectivity index (χ1v) is 2.33. The Morgan fingerprint density at radius 1 is 0.846 bits per heavy atom. The van der Waals surface area contributed by atoms with Gasteiger partial charge in [-0.15, -0.1) is 0 Å². The molecule has 0 saturated heterocycles. The van der Waals surface area contributed by atoms with Gasteiger partial charge in [-0.2, -0.15) is 0 Å². The number of ether oxygens (including phenoxy) is 2. The van der Waals surface area contributed by atoms with Gasteiger partial charge in [-0.3, -0.25) is 0 Å². The first-order valence-electron chi connectivity index (χ1n) is 2.33. The van der Waals surface area contributed by atoms with Crippen LogP contribution >= 0.6 is 0 Å². The summed E-state index contributed by atoms with van der Waals surface area (Å²) < 4.78 is 6.51. The average Bonchev–Trinajstić information content (AvgIpc) is 1.84. The second-order valence-corrected chi connectivity index (χ2v) is 1.31. The molecule has 2 N–H and O–H groups in total. The van der Waals surface area contributed by atoms with E-state index in [0.29, 0.717) is 0 Å². The van der Waals surface area contributed by atoms with Crippen molar-refractivity contribution in [2.75, 3.05) is 0 Å². The Morgan fingerprint density at radius 3 is 1.23 bits per heavy atom. The minimum atomic E-state index is -2.03. The maximum Gasteiger partial charge on any atom is 1.00 e. The van der Waals surface area contributed by atoms with Crippen LogP contribution in [-0.4, -0.2) is 34.5 Å². The minimum absolute atomic E-state index is 0. The summed E-state index contributed by atoms with van der Waals surface area (Å²) in [4.78, 5) is 39.5. The second-order valence-electron chi connectivity index (χ2n) is 1.31. The largest absolute Gasteiger partial charge is 1.00 e.